The zero-order chi connectivity index (χ0) is 15.6. The van der Waals surface area contributed by atoms with Gasteiger partial charge in [0.2, 0.25) is 10.0 Å². The molecule has 1 aromatic carbocycles. The van der Waals surface area contributed by atoms with E-state index in [0.29, 0.717) is 0 Å². The van der Waals surface area contributed by atoms with Crippen LogP contribution in [-0.4, -0.2) is 8.42 Å². The lowest BCUT2D eigenvalue weighted by molar-refractivity contribution is 0.580. The van der Waals surface area contributed by atoms with Gasteiger partial charge in [0.25, 0.3) is 0 Å². The number of nitrogens with two attached hydrogens (primary N) is 1. The minimum Gasteiger partial charge on any atom is -0.396 e. The molecule has 0 saturated carbocycles. The van der Waals surface area contributed by atoms with Gasteiger partial charge in [-0.15, -0.1) is 11.3 Å². The van der Waals surface area contributed by atoms with Gasteiger partial charge in [-0.25, -0.2) is 17.5 Å². The summed E-state index contributed by atoms with van der Waals surface area (Å²) < 4.78 is 40.4. The smallest absolute Gasteiger partial charge is 0.240 e. The number of rotatable bonds is 5. The van der Waals surface area contributed by atoms with Gasteiger partial charge in [-0.2, -0.15) is 0 Å². The fourth-order valence-electron chi connectivity index (χ4n) is 1.87. The quantitative estimate of drug-likeness (QED) is 0.829. The standard InChI is InChI=1S/C14H17FN2O2S2/c1-3-10-4-5-11(20-10)8-17-21(18,19)12-6-9(2)14(15)13(16)7-12/h4-7,17H,3,8,16H2,1-2H3. The van der Waals surface area contributed by atoms with Crippen molar-refractivity contribution >= 4 is 27.0 Å². The van der Waals surface area contributed by atoms with Crippen LogP contribution in [0.1, 0.15) is 22.2 Å². The van der Waals surface area contributed by atoms with Gasteiger partial charge in [0, 0.05) is 16.3 Å². The number of nitrogen functional groups attached to an aromatic ring is 1. The number of thiophene rings is 1. The molecule has 7 heteroatoms. The van der Waals surface area contributed by atoms with Crippen molar-refractivity contribution in [2.24, 2.45) is 0 Å². The van der Waals surface area contributed by atoms with Crippen molar-refractivity contribution in [1.29, 1.82) is 0 Å². The van der Waals surface area contributed by atoms with E-state index in [0.717, 1.165) is 17.4 Å². The second-order valence-electron chi connectivity index (χ2n) is 4.69. The van der Waals surface area contributed by atoms with E-state index in [1.165, 1.54) is 17.9 Å². The molecule has 0 spiro atoms. The number of nitrogens with one attached hydrogen (secondary N) is 1. The van der Waals surface area contributed by atoms with Crippen LogP contribution in [0.4, 0.5) is 10.1 Å². The molecule has 1 heterocycles. The Hall–Kier alpha value is -1.44. The van der Waals surface area contributed by atoms with Gasteiger partial charge >= 0.3 is 0 Å². The topological polar surface area (TPSA) is 72.2 Å². The van der Waals surface area contributed by atoms with Gasteiger partial charge in [0.1, 0.15) is 5.82 Å². The fraction of sp³-hybridized carbons (Fsp3) is 0.286. The summed E-state index contributed by atoms with van der Waals surface area (Å²) in [5, 5.41) is 0. The number of benzene rings is 1. The lowest BCUT2D eigenvalue weighted by Crippen LogP contribution is -2.23. The molecular weight excluding hydrogens is 311 g/mol. The molecule has 0 atom stereocenters. The molecule has 0 saturated heterocycles. The van der Waals surface area contributed by atoms with Crippen LogP contribution in [0.3, 0.4) is 0 Å². The molecule has 21 heavy (non-hydrogen) atoms. The number of hydrogen-bond acceptors (Lipinski definition) is 4. The molecule has 0 aliphatic heterocycles. The van der Waals surface area contributed by atoms with Crippen LogP contribution in [0, 0.1) is 12.7 Å². The van der Waals surface area contributed by atoms with Crippen molar-refractivity contribution in [3.8, 4) is 0 Å². The number of hydrogen-bond donors (Lipinski definition) is 2. The average Bonchev–Trinajstić information content (AvgIpc) is 2.90. The summed E-state index contributed by atoms with van der Waals surface area (Å²) in [6.07, 6.45) is 0.922. The Morgan fingerprint density at radius 1 is 1.29 bits per heavy atom. The number of aryl methyl sites for hydroxylation is 2. The first-order valence-corrected chi connectivity index (χ1v) is 8.76. The Bertz CT molecular complexity index is 731. The van der Waals surface area contributed by atoms with E-state index in [1.807, 2.05) is 19.1 Å². The van der Waals surface area contributed by atoms with Gasteiger partial charge in [-0.3, -0.25) is 0 Å². The monoisotopic (exact) mass is 328 g/mol. The third-order valence-corrected chi connectivity index (χ3v) is 5.68. The minimum absolute atomic E-state index is 0.0221. The maximum Gasteiger partial charge on any atom is 0.240 e. The number of sulfonamides is 1. The van der Waals surface area contributed by atoms with E-state index >= 15 is 0 Å². The van der Waals surface area contributed by atoms with E-state index in [-0.39, 0.29) is 22.7 Å². The molecule has 1 aromatic heterocycles. The molecule has 0 amide bonds. The highest BCUT2D eigenvalue weighted by Crippen LogP contribution is 2.22. The van der Waals surface area contributed by atoms with Crippen molar-refractivity contribution in [2.75, 3.05) is 5.73 Å². The van der Waals surface area contributed by atoms with E-state index in [9.17, 15) is 12.8 Å². The molecule has 0 aliphatic carbocycles. The minimum atomic E-state index is -3.71. The average molecular weight is 328 g/mol. The second kappa shape index (κ2) is 6.13. The van der Waals surface area contributed by atoms with Gasteiger partial charge < -0.3 is 5.73 Å². The first-order chi connectivity index (χ1) is 9.83. The van der Waals surface area contributed by atoms with Crippen LogP contribution in [0.25, 0.3) is 0 Å². The summed E-state index contributed by atoms with van der Waals surface area (Å²) in [6, 6.07) is 6.29. The summed E-state index contributed by atoms with van der Waals surface area (Å²) in [5.41, 5.74) is 5.52. The molecular formula is C14H17FN2O2S2. The summed E-state index contributed by atoms with van der Waals surface area (Å²) in [4.78, 5) is 2.11. The number of halogens is 1. The van der Waals surface area contributed by atoms with Crippen molar-refractivity contribution < 1.29 is 12.8 Å². The van der Waals surface area contributed by atoms with E-state index in [1.54, 1.807) is 11.3 Å². The van der Waals surface area contributed by atoms with E-state index < -0.39 is 15.8 Å². The molecule has 0 aliphatic rings. The molecule has 3 N–H and O–H groups in total. The van der Waals surface area contributed by atoms with E-state index in [4.69, 9.17) is 5.73 Å². The summed E-state index contributed by atoms with van der Waals surface area (Å²) >= 11 is 1.57. The maximum atomic E-state index is 13.5. The molecule has 2 aromatic rings. The predicted molar refractivity (Wildman–Crippen MR) is 83.3 cm³/mol. The van der Waals surface area contributed by atoms with Gasteiger partial charge in [-0.1, -0.05) is 6.92 Å². The molecule has 2 rings (SSSR count). The SMILES string of the molecule is CCc1ccc(CNS(=O)(=O)c2cc(C)c(F)c(N)c2)s1. The largest absolute Gasteiger partial charge is 0.396 e. The molecule has 0 bridgehead atoms. The van der Waals surface area contributed by atoms with Crippen molar-refractivity contribution in [1.82, 2.24) is 4.72 Å². The Morgan fingerprint density at radius 3 is 2.52 bits per heavy atom. The summed E-state index contributed by atoms with van der Waals surface area (Å²) in [6.45, 7) is 3.74. The molecule has 114 valence electrons. The molecule has 0 fully saturated rings. The Balaban J connectivity index is 2.18. The number of anilines is 1. The Morgan fingerprint density at radius 2 is 1.95 bits per heavy atom. The third-order valence-electron chi connectivity index (χ3n) is 3.07. The lowest BCUT2D eigenvalue weighted by atomic mass is 10.2. The molecule has 4 nitrogen and oxygen atoms in total. The second-order valence-corrected chi connectivity index (χ2v) is 7.71. The van der Waals surface area contributed by atoms with Crippen LogP contribution in [0.2, 0.25) is 0 Å². The van der Waals surface area contributed by atoms with Crippen LogP contribution in [0.15, 0.2) is 29.2 Å². The molecule has 0 radical (unpaired) electrons. The highest BCUT2D eigenvalue weighted by molar-refractivity contribution is 7.89. The highest BCUT2D eigenvalue weighted by atomic mass is 32.2. The van der Waals surface area contributed by atoms with Crippen LogP contribution >= 0.6 is 11.3 Å². The Labute approximate surface area is 127 Å². The van der Waals surface area contributed by atoms with Crippen molar-refractivity contribution in [3.63, 3.8) is 0 Å². The maximum absolute atomic E-state index is 13.5. The van der Waals surface area contributed by atoms with Gasteiger partial charge in [0.05, 0.1) is 10.6 Å². The van der Waals surface area contributed by atoms with Gasteiger partial charge in [-0.05, 0) is 43.2 Å². The van der Waals surface area contributed by atoms with Crippen LogP contribution < -0.4 is 10.5 Å². The lowest BCUT2D eigenvalue weighted by Gasteiger charge is -2.09. The van der Waals surface area contributed by atoms with E-state index in [2.05, 4.69) is 4.72 Å². The predicted octanol–water partition coefficient (Wildman–Crippen LogP) is 2.82. The van der Waals surface area contributed by atoms with Crippen LogP contribution in [-0.2, 0) is 23.0 Å². The summed E-state index contributed by atoms with van der Waals surface area (Å²) in [7, 11) is -3.71. The van der Waals surface area contributed by atoms with Crippen molar-refractivity contribution in [3.05, 3.63) is 45.4 Å². The van der Waals surface area contributed by atoms with Gasteiger partial charge in [0.15, 0.2) is 0 Å². The zero-order valence-electron chi connectivity index (χ0n) is 11.8. The third kappa shape index (κ3) is 3.61. The summed E-state index contributed by atoms with van der Waals surface area (Å²) in [5.74, 6) is -0.584. The Kier molecular flexibility index (Phi) is 4.65. The molecule has 0 unspecified atom stereocenters. The first kappa shape index (κ1) is 15.9. The fourth-order valence-corrected chi connectivity index (χ4v) is 3.99. The van der Waals surface area contributed by atoms with Crippen molar-refractivity contribution in [2.45, 2.75) is 31.7 Å². The zero-order valence-corrected chi connectivity index (χ0v) is 13.4. The first-order valence-electron chi connectivity index (χ1n) is 6.46. The highest BCUT2D eigenvalue weighted by Gasteiger charge is 2.17. The normalized spacial score (nSPS) is 11.8. The van der Waals surface area contributed by atoms with Crippen LogP contribution in [0.5, 0.6) is 0 Å².